The molecule has 2 saturated heterocycles. The number of rotatable bonds is 7. The highest BCUT2D eigenvalue weighted by Gasteiger charge is 2.38. The molecular formula is C25H37N3O4. The maximum absolute atomic E-state index is 12.9. The van der Waals surface area contributed by atoms with E-state index in [0.717, 1.165) is 11.3 Å². The minimum Gasteiger partial charge on any atom is -0.481 e. The van der Waals surface area contributed by atoms with Gasteiger partial charge in [-0.15, -0.1) is 0 Å². The Labute approximate surface area is 191 Å². The van der Waals surface area contributed by atoms with E-state index in [1.165, 1.54) is 0 Å². The first kappa shape index (κ1) is 24.1. The molecule has 7 heteroatoms. The highest BCUT2D eigenvalue weighted by atomic mass is 16.5. The number of carbonyl (C=O) groups is 3. The van der Waals surface area contributed by atoms with E-state index in [0.29, 0.717) is 44.8 Å². The second-order valence-corrected chi connectivity index (χ2v) is 9.60. The maximum atomic E-state index is 12.9. The molecule has 0 aliphatic carbocycles. The molecule has 2 atom stereocenters. The summed E-state index contributed by atoms with van der Waals surface area (Å²) in [5.74, 6) is 0.799. The van der Waals surface area contributed by atoms with Crippen LogP contribution in [0.15, 0.2) is 24.3 Å². The molecule has 176 valence electrons. The van der Waals surface area contributed by atoms with Crippen molar-refractivity contribution in [2.75, 3.05) is 19.6 Å². The van der Waals surface area contributed by atoms with Gasteiger partial charge in [0.15, 0.2) is 6.10 Å². The van der Waals surface area contributed by atoms with Crippen LogP contribution in [0.3, 0.4) is 0 Å². The molecule has 0 saturated carbocycles. The number of ether oxygens (including phenoxy) is 1. The summed E-state index contributed by atoms with van der Waals surface area (Å²) in [6, 6.07) is 7.96. The van der Waals surface area contributed by atoms with Crippen molar-refractivity contribution >= 4 is 17.7 Å². The molecule has 2 unspecified atom stereocenters. The molecule has 3 amide bonds. The summed E-state index contributed by atoms with van der Waals surface area (Å²) < 4.78 is 5.96. The molecule has 2 fully saturated rings. The number of piperidine rings is 1. The number of nitrogens with one attached hydrogen (secondary N) is 1. The van der Waals surface area contributed by atoms with Crippen LogP contribution < -0.4 is 10.1 Å². The van der Waals surface area contributed by atoms with Gasteiger partial charge in [-0.2, -0.15) is 0 Å². The van der Waals surface area contributed by atoms with Crippen LogP contribution in [0.2, 0.25) is 0 Å². The van der Waals surface area contributed by atoms with Gasteiger partial charge in [-0.25, -0.2) is 0 Å². The Morgan fingerprint density at radius 3 is 2.31 bits per heavy atom. The Hall–Kier alpha value is -2.57. The molecule has 0 radical (unpaired) electrons. The normalized spacial score (nSPS) is 20.7. The number of benzene rings is 1. The van der Waals surface area contributed by atoms with E-state index in [-0.39, 0.29) is 35.7 Å². The van der Waals surface area contributed by atoms with Gasteiger partial charge in [0.2, 0.25) is 11.8 Å². The number of likely N-dealkylation sites (tertiary alicyclic amines) is 2. The summed E-state index contributed by atoms with van der Waals surface area (Å²) >= 11 is 0. The molecule has 32 heavy (non-hydrogen) atoms. The number of hydrogen-bond donors (Lipinski definition) is 1. The summed E-state index contributed by atoms with van der Waals surface area (Å²) in [6.45, 7) is 11.6. The zero-order valence-corrected chi connectivity index (χ0v) is 20.0. The summed E-state index contributed by atoms with van der Waals surface area (Å²) in [4.78, 5) is 41.4. The van der Waals surface area contributed by atoms with Gasteiger partial charge in [0.05, 0.1) is 5.92 Å². The fourth-order valence-corrected chi connectivity index (χ4v) is 4.53. The fraction of sp³-hybridized carbons (Fsp3) is 0.640. The maximum Gasteiger partial charge on any atom is 0.260 e. The van der Waals surface area contributed by atoms with Gasteiger partial charge in [0, 0.05) is 38.1 Å². The fourth-order valence-electron chi connectivity index (χ4n) is 4.53. The first-order valence-corrected chi connectivity index (χ1v) is 11.8. The quantitative estimate of drug-likeness (QED) is 0.703. The van der Waals surface area contributed by atoms with Crippen LogP contribution in [0.5, 0.6) is 5.75 Å². The average molecular weight is 444 g/mol. The van der Waals surface area contributed by atoms with Crippen LogP contribution in [-0.2, 0) is 14.4 Å². The Bertz CT molecular complexity index is 830. The molecule has 7 nitrogen and oxygen atoms in total. The number of hydrogen-bond acceptors (Lipinski definition) is 4. The lowest BCUT2D eigenvalue weighted by Gasteiger charge is -2.34. The average Bonchev–Trinajstić information content (AvgIpc) is 3.16. The molecule has 0 aromatic heterocycles. The van der Waals surface area contributed by atoms with Crippen molar-refractivity contribution in [3.63, 3.8) is 0 Å². The monoisotopic (exact) mass is 443 g/mol. The van der Waals surface area contributed by atoms with Crippen LogP contribution in [-0.4, -0.2) is 65.3 Å². The summed E-state index contributed by atoms with van der Waals surface area (Å²) in [6.07, 6.45) is 1.13. The second kappa shape index (κ2) is 10.4. The molecule has 0 spiro atoms. The van der Waals surface area contributed by atoms with E-state index in [4.69, 9.17) is 4.74 Å². The molecule has 2 heterocycles. The molecule has 2 aliphatic rings. The van der Waals surface area contributed by atoms with E-state index in [2.05, 4.69) is 19.2 Å². The van der Waals surface area contributed by atoms with Crippen molar-refractivity contribution in [1.82, 2.24) is 15.1 Å². The Morgan fingerprint density at radius 1 is 1.06 bits per heavy atom. The molecule has 3 rings (SSSR count). The first-order valence-electron chi connectivity index (χ1n) is 11.8. The van der Waals surface area contributed by atoms with Crippen LogP contribution in [0.25, 0.3) is 0 Å². The minimum atomic E-state index is -0.596. The Morgan fingerprint density at radius 2 is 1.72 bits per heavy atom. The van der Waals surface area contributed by atoms with Gasteiger partial charge in [0.25, 0.3) is 5.91 Å². The standard InChI is InChI=1S/C25H37N3O4/c1-16(2)21-8-6-7-9-22(21)32-18(5)24(30)26-20-10-12-27(13-11-20)25(31)19-14-23(29)28(15-19)17(3)4/h6-9,16-20H,10-15H2,1-5H3,(H,26,30). The minimum absolute atomic E-state index is 0.0234. The number of amides is 3. The largest absolute Gasteiger partial charge is 0.481 e. The van der Waals surface area contributed by atoms with Crippen LogP contribution >= 0.6 is 0 Å². The van der Waals surface area contributed by atoms with Gasteiger partial charge in [-0.3, -0.25) is 14.4 Å². The highest BCUT2D eigenvalue weighted by molar-refractivity contribution is 5.89. The van der Waals surface area contributed by atoms with Gasteiger partial charge in [-0.05, 0) is 51.2 Å². The van der Waals surface area contributed by atoms with Crippen molar-refractivity contribution in [3.8, 4) is 5.75 Å². The van der Waals surface area contributed by atoms with E-state index in [1.54, 1.807) is 11.8 Å². The molecule has 1 aromatic carbocycles. The lowest BCUT2D eigenvalue weighted by molar-refractivity contribution is -0.137. The molecule has 1 aromatic rings. The zero-order valence-electron chi connectivity index (χ0n) is 20.0. The van der Waals surface area contributed by atoms with Crippen molar-refractivity contribution in [2.45, 2.75) is 78.0 Å². The van der Waals surface area contributed by atoms with Crippen molar-refractivity contribution in [1.29, 1.82) is 0 Å². The van der Waals surface area contributed by atoms with Gasteiger partial charge in [0.1, 0.15) is 5.75 Å². The van der Waals surface area contributed by atoms with Gasteiger partial charge in [-0.1, -0.05) is 32.0 Å². The van der Waals surface area contributed by atoms with E-state index >= 15 is 0 Å². The van der Waals surface area contributed by atoms with Crippen molar-refractivity contribution in [2.24, 2.45) is 5.92 Å². The van der Waals surface area contributed by atoms with Crippen LogP contribution in [0.4, 0.5) is 0 Å². The molecule has 0 bridgehead atoms. The third kappa shape index (κ3) is 5.61. The highest BCUT2D eigenvalue weighted by Crippen LogP contribution is 2.27. The number of para-hydroxylation sites is 1. The first-order chi connectivity index (χ1) is 15.2. The van der Waals surface area contributed by atoms with Crippen LogP contribution in [0.1, 0.15) is 65.4 Å². The van der Waals surface area contributed by atoms with Crippen molar-refractivity contribution < 1.29 is 19.1 Å². The Balaban J connectivity index is 1.47. The number of carbonyl (C=O) groups excluding carboxylic acids is 3. The predicted molar refractivity (Wildman–Crippen MR) is 123 cm³/mol. The van der Waals surface area contributed by atoms with E-state index < -0.39 is 6.10 Å². The lowest BCUT2D eigenvalue weighted by Crippen LogP contribution is -2.50. The second-order valence-electron chi connectivity index (χ2n) is 9.60. The topological polar surface area (TPSA) is 79.0 Å². The predicted octanol–water partition coefficient (Wildman–Crippen LogP) is 2.94. The SMILES string of the molecule is CC(Oc1ccccc1C(C)C)C(=O)NC1CCN(C(=O)C2CC(=O)N(C(C)C)C2)CC1. The smallest absolute Gasteiger partial charge is 0.260 e. The van der Waals surface area contributed by atoms with E-state index in [1.807, 2.05) is 43.0 Å². The number of nitrogens with zero attached hydrogens (tertiary/aromatic N) is 2. The summed E-state index contributed by atoms with van der Waals surface area (Å²) in [7, 11) is 0. The summed E-state index contributed by atoms with van der Waals surface area (Å²) in [5.41, 5.74) is 1.08. The summed E-state index contributed by atoms with van der Waals surface area (Å²) in [5, 5.41) is 3.08. The van der Waals surface area contributed by atoms with Crippen molar-refractivity contribution in [3.05, 3.63) is 29.8 Å². The van der Waals surface area contributed by atoms with Gasteiger partial charge < -0.3 is 19.9 Å². The zero-order chi connectivity index (χ0) is 23.4. The van der Waals surface area contributed by atoms with Crippen LogP contribution in [0, 0.1) is 5.92 Å². The molecule has 2 aliphatic heterocycles. The molecular weight excluding hydrogens is 406 g/mol. The third-order valence-corrected chi connectivity index (χ3v) is 6.50. The van der Waals surface area contributed by atoms with E-state index in [9.17, 15) is 14.4 Å². The van der Waals surface area contributed by atoms with Gasteiger partial charge >= 0.3 is 0 Å². The Kier molecular flexibility index (Phi) is 7.80. The lowest BCUT2D eigenvalue weighted by atomic mass is 10.0. The molecule has 1 N–H and O–H groups in total. The third-order valence-electron chi connectivity index (χ3n) is 6.50.